The van der Waals surface area contributed by atoms with Gasteiger partial charge in [0.05, 0.1) is 0 Å². The van der Waals surface area contributed by atoms with E-state index in [1.54, 1.807) is 0 Å². The Hall–Kier alpha value is -1.58. The summed E-state index contributed by atoms with van der Waals surface area (Å²) < 4.78 is 5.88. The Balaban J connectivity index is 3.91. The Bertz CT molecular complexity index is 683. The van der Waals surface area contributed by atoms with Crippen molar-refractivity contribution in [3.63, 3.8) is 0 Å². The van der Waals surface area contributed by atoms with Crippen molar-refractivity contribution >= 4 is 11.9 Å². The highest BCUT2D eigenvalue weighted by molar-refractivity contribution is 5.69. The number of hydrogen-bond donors (Lipinski definition) is 1. The van der Waals surface area contributed by atoms with Gasteiger partial charge in [-0.3, -0.25) is 9.59 Å². The lowest BCUT2D eigenvalue weighted by Gasteiger charge is -2.15. The maximum atomic E-state index is 12.6. The summed E-state index contributed by atoms with van der Waals surface area (Å²) in [4.78, 5) is 23.3. The van der Waals surface area contributed by atoms with Crippen LogP contribution in [0.1, 0.15) is 219 Å². The average molecular weight is 633 g/mol. The van der Waals surface area contributed by atoms with E-state index in [4.69, 9.17) is 9.84 Å². The van der Waals surface area contributed by atoms with Crippen LogP contribution < -0.4 is 0 Å². The summed E-state index contributed by atoms with van der Waals surface area (Å²) in [6, 6.07) is 0. The number of carboxylic acids is 1. The molecule has 0 aliphatic rings. The van der Waals surface area contributed by atoms with E-state index in [-0.39, 0.29) is 18.5 Å². The molecule has 0 fully saturated rings. The topological polar surface area (TPSA) is 63.6 Å². The highest BCUT2D eigenvalue weighted by Crippen LogP contribution is 2.16. The van der Waals surface area contributed by atoms with Gasteiger partial charge in [0.1, 0.15) is 6.10 Å². The number of carbonyl (C=O) groups excluding carboxylic acids is 1. The Morgan fingerprint density at radius 2 is 0.867 bits per heavy atom. The van der Waals surface area contributed by atoms with Crippen molar-refractivity contribution in [2.45, 2.75) is 225 Å². The summed E-state index contributed by atoms with van der Waals surface area (Å²) in [5, 5.41) is 8.83. The van der Waals surface area contributed by atoms with Crippen molar-refractivity contribution in [3.05, 3.63) is 24.3 Å². The largest absolute Gasteiger partial charge is 0.481 e. The van der Waals surface area contributed by atoms with Gasteiger partial charge in [-0.25, -0.2) is 0 Å². The van der Waals surface area contributed by atoms with Gasteiger partial charge >= 0.3 is 11.9 Å². The minimum absolute atomic E-state index is 0.0625. The summed E-state index contributed by atoms with van der Waals surface area (Å²) >= 11 is 0. The van der Waals surface area contributed by atoms with Crippen LogP contribution in [0.5, 0.6) is 0 Å². The Kier molecular flexibility index (Phi) is 35.6. The van der Waals surface area contributed by atoms with Crippen LogP contribution in [-0.4, -0.2) is 23.1 Å². The number of allylic oxidation sites excluding steroid dienone is 3. The van der Waals surface area contributed by atoms with Crippen LogP contribution in [0.2, 0.25) is 0 Å². The number of aliphatic carboxylic acids is 1. The van der Waals surface area contributed by atoms with Crippen molar-refractivity contribution in [1.29, 1.82) is 0 Å². The first-order chi connectivity index (χ1) is 22.1. The lowest BCUT2D eigenvalue weighted by Crippen LogP contribution is -2.16. The lowest BCUT2D eigenvalue weighted by atomic mass is 10.0. The van der Waals surface area contributed by atoms with E-state index in [0.717, 1.165) is 51.4 Å². The molecule has 0 rings (SSSR count). The van der Waals surface area contributed by atoms with E-state index in [2.05, 4.69) is 38.2 Å². The highest BCUT2D eigenvalue weighted by Gasteiger charge is 2.11. The van der Waals surface area contributed by atoms with Crippen LogP contribution in [0, 0.1) is 0 Å². The standard InChI is InChI=1S/C41H76O4/c1-3-5-7-9-11-13-14-15-16-17-18-19-20-21-22-24-26-28-34-38-41(44)45-39(36-32-29-30-33-37-40(42)43)35-31-27-25-23-12-10-8-6-4-2/h15-16,31,35,39H,3-14,17-30,32-34,36-38H2,1-2H3,(H,42,43)/b16-15-,35-31-. The van der Waals surface area contributed by atoms with Gasteiger partial charge in [0.2, 0.25) is 0 Å². The Labute approximate surface area is 280 Å². The van der Waals surface area contributed by atoms with Gasteiger partial charge in [-0.1, -0.05) is 160 Å². The molecule has 264 valence electrons. The molecule has 4 heteroatoms. The third-order valence-corrected chi connectivity index (χ3v) is 8.88. The smallest absolute Gasteiger partial charge is 0.306 e. The molecule has 0 saturated carbocycles. The maximum absolute atomic E-state index is 12.6. The van der Waals surface area contributed by atoms with Gasteiger partial charge in [0, 0.05) is 12.8 Å². The van der Waals surface area contributed by atoms with Crippen LogP contribution in [0.25, 0.3) is 0 Å². The van der Waals surface area contributed by atoms with Gasteiger partial charge in [0.15, 0.2) is 0 Å². The zero-order chi connectivity index (χ0) is 32.9. The van der Waals surface area contributed by atoms with E-state index >= 15 is 0 Å². The van der Waals surface area contributed by atoms with Crippen molar-refractivity contribution in [2.24, 2.45) is 0 Å². The van der Waals surface area contributed by atoms with Crippen LogP contribution >= 0.6 is 0 Å². The summed E-state index contributed by atoms with van der Waals surface area (Å²) in [5.74, 6) is -0.782. The second kappa shape index (κ2) is 36.9. The first-order valence-electron chi connectivity index (χ1n) is 19.8. The quantitative estimate of drug-likeness (QED) is 0.0424. The molecule has 0 aliphatic heterocycles. The van der Waals surface area contributed by atoms with Gasteiger partial charge in [-0.15, -0.1) is 0 Å². The molecular formula is C41H76O4. The normalized spacial score (nSPS) is 12.4. The predicted molar refractivity (Wildman–Crippen MR) is 195 cm³/mol. The fourth-order valence-electron chi connectivity index (χ4n) is 5.91. The van der Waals surface area contributed by atoms with Gasteiger partial charge in [-0.2, -0.15) is 0 Å². The van der Waals surface area contributed by atoms with Gasteiger partial charge < -0.3 is 9.84 Å². The number of carbonyl (C=O) groups is 2. The van der Waals surface area contributed by atoms with Crippen molar-refractivity contribution in [3.8, 4) is 0 Å². The fourth-order valence-corrected chi connectivity index (χ4v) is 5.91. The third-order valence-electron chi connectivity index (χ3n) is 8.88. The molecule has 4 nitrogen and oxygen atoms in total. The number of carboxylic acid groups (broad SMARTS) is 1. The molecule has 0 spiro atoms. The fraction of sp³-hybridized carbons (Fsp3) is 0.854. The van der Waals surface area contributed by atoms with Crippen LogP contribution in [0.15, 0.2) is 24.3 Å². The van der Waals surface area contributed by atoms with E-state index < -0.39 is 5.97 Å². The van der Waals surface area contributed by atoms with Crippen molar-refractivity contribution < 1.29 is 19.4 Å². The molecule has 0 aromatic rings. The number of ether oxygens (including phenoxy) is 1. The Morgan fingerprint density at radius 3 is 1.33 bits per heavy atom. The monoisotopic (exact) mass is 633 g/mol. The summed E-state index contributed by atoms with van der Waals surface area (Å²) in [6.45, 7) is 4.53. The van der Waals surface area contributed by atoms with Crippen LogP contribution in [0.4, 0.5) is 0 Å². The van der Waals surface area contributed by atoms with E-state index in [1.807, 2.05) is 0 Å². The molecule has 0 radical (unpaired) electrons. The van der Waals surface area contributed by atoms with Crippen molar-refractivity contribution in [2.75, 3.05) is 0 Å². The molecule has 0 aliphatic carbocycles. The zero-order valence-corrected chi connectivity index (χ0v) is 30.2. The molecule has 0 aromatic heterocycles. The number of esters is 1. The number of hydrogen-bond acceptors (Lipinski definition) is 3. The van der Waals surface area contributed by atoms with Gasteiger partial charge in [-0.05, 0) is 70.3 Å². The van der Waals surface area contributed by atoms with Crippen molar-refractivity contribution in [1.82, 2.24) is 0 Å². The average Bonchev–Trinajstić information content (AvgIpc) is 3.02. The first kappa shape index (κ1) is 43.4. The summed E-state index contributed by atoms with van der Waals surface area (Å²) in [7, 11) is 0. The SMILES string of the molecule is CCCCCCCC/C=C\CCCCCCCCCCCC(=O)OC(/C=C\CCCCCCCCC)CCCCCCC(=O)O. The summed E-state index contributed by atoms with van der Waals surface area (Å²) in [5.41, 5.74) is 0. The number of unbranched alkanes of at least 4 members (excludes halogenated alkanes) is 25. The maximum Gasteiger partial charge on any atom is 0.306 e. The number of rotatable bonds is 36. The molecule has 0 saturated heterocycles. The van der Waals surface area contributed by atoms with Gasteiger partial charge in [0.25, 0.3) is 0 Å². The molecule has 0 amide bonds. The first-order valence-corrected chi connectivity index (χ1v) is 19.8. The molecule has 1 N–H and O–H groups in total. The molecule has 1 unspecified atom stereocenters. The van der Waals surface area contributed by atoms with Crippen LogP contribution in [-0.2, 0) is 14.3 Å². The lowest BCUT2D eigenvalue weighted by molar-refractivity contribution is -0.147. The van der Waals surface area contributed by atoms with Crippen LogP contribution in [0.3, 0.4) is 0 Å². The van der Waals surface area contributed by atoms with E-state index in [9.17, 15) is 9.59 Å². The molecule has 0 bridgehead atoms. The second-order valence-electron chi connectivity index (χ2n) is 13.5. The molecule has 0 heterocycles. The minimum Gasteiger partial charge on any atom is -0.481 e. The molecule has 45 heavy (non-hydrogen) atoms. The van der Waals surface area contributed by atoms with E-state index in [1.165, 1.54) is 141 Å². The Morgan fingerprint density at radius 1 is 0.489 bits per heavy atom. The third kappa shape index (κ3) is 36.8. The summed E-state index contributed by atoms with van der Waals surface area (Å²) in [6.07, 6.45) is 46.4. The highest BCUT2D eigenvalue weighted by atomic mass is 16.5. The predicted octanol–water partition coefficient (Wildman–Crippen LogP) is 13.6. The second-order valence-corrected chi connectivity index (χ2v) is 13.5. The molecular weight excluding hydrogens is 556 g/mol. The molecule has 1 atom stereocenters. The molecule has 0 aromatic carbocycles. The zero-order valence-electron chi connectivity index (χ0n) is 30.2. The minimum atomic E-state index is -0.720. The van der Waals surface area contributed by atoms with E-state index in [0.29, 0.717) is 6.42 Å².